The van der Waals surface area contributed by atoms with E-state index in [1.165, 1.54) is 23.5 Å². The van der Waals surface area contributed by atoms with Crippen molar-refractivity contribution in [3.05, 3.63) is 57.3 Å². The van der Waals surface area contributed by atoms with Crippen LogP contribution in [0, 0.1) is 0 Å². The number of hydrogen-bond donors (Lipinski definition) is 2. The molecule has 0 radical (unpaired) electrons. The molecule has 0 saturated carbocycles. The summed E-state index contributed by atoms with van der Waals surface area (Å²) in [6.07, 6.45) is -0.574. The van der Waals surface area contributed by atoms with Crippen LogP contribution in [-0.2, 0) is 17.1 Å². The van der Waals surface area contributed by atoms with E-state index in [9.17, 15) is 23.5 Å². The summed E-state index contributed by atoms with van der Waals surface area (Å²) in [6.45, 7) is 4.43. The fraction of sp³-hybridized carbons (Fsp3) is 0.520. The molecular weight excluding hydrogens is 464 g/mol. The Morgan fingerprint density at radius 1 is 1.29 bits per heavy atom. The largest absolute Gasteiger partial charge is 0.477 e. The summed E-state index contributed by atoms with van der Waals surface area (Å²) in [5, 5.41) is 19.4. The molecule has 0 aliphatic carbocycles. The number of carboxylic acid groups (broad SMARTS) is 1. The molecule has 2 heterocycles. The normalized spacial score (nSPS) is 17.6. The fourth-order valence-corrected chi connectivity index (χ4v) is 5.01. The number of nitrogens with zero attached hydrogens (tertiary/aromatic N) is 1. The molecule has 3 rings (SSSR count). The molecule has 1 aliphatic rings. The van der Waals surface area contributed by atoms with Gasteiger partial charge in [0.1, 0.15) is 11.0 Å². The van der Waals surface area contributed by atoms with Gasteiger partial charge in [0.05, 0.1) is 6.61 Å². The van der Waals surface area contributed by atoms with Crippen LogP contribution in [0.25, 0.3) is 0 Å². The number of ether oxygens (including phenoxy) is 1. The van der Waals surface area contributed by atoms with Crippen LogP contribution in [0.1, 0.15) is 71.1 Å². The predicted octanol–water partition coefficient (Wildman–Crippen LogP) is 5.65. The molecule has 2 N–H and O–H groups in total. The van der Waals surface area contributed by atoms with Crippen LogP contribution in [0.3, 0.4) is 0 Å². The summed E-state index contributed by atoms with van der Waals surface area (Å²) in [5.74, 6) is -4.27. The Hall–Kier alpha value is -2.52. The van der Waals surface area contributed by atoms with Gasteiger partial charge in [0, 0.05) is 29.4 Å². The minimum Gasteiger partial charge on any atom is -0.477 e. The topological polar surface area (TPSA) is 87.1 Å². The van der Waals surface area contributed by atoms with Gasteiger partial charge in [-0.05, 0) is 55.4 Å². The van der Waals surface area contributed by atoms with Crippen molar-refractivity contribution < 1.29 is 33.3 Å². The third-order valence-electron chi connectivity index (χ3n) is 6.18. The van der Waals surface area contributed by atoms with Crippen molar-refractivity contribution in [2.24, 2.45) is 0 Å². The van der Waals surface area contributed by atoms with Gasteiger partial charge >= 0.3 is 12.1 Å². The number of carbonyl (C=O) groups excluding carboxylic acids is 1. The Kier molecular flexibility index (Phi) is 8.65. The number of aliphatic hydroxyl groups is 1. The first kappa shape index (κ1) is 26.1. The van der Waals surface area contributed by atoms with E-state index in [-0.39, 0.29) is 41.8 Å². The molecule has 9 heteroatoms. The molecule has 1 fully saturated rings. The lowest BCUT2D eigenvalue weighted by molar-refractivity contribution is -0.120. The molecule has 1 aliphatic heterocycles. The summed E-state index contributed by atoms with van der Waals surface area (Å²) < 4.78 is 35.1. The SMILES string of the molecule is CC(C)c1cccc(C(F)(F)[C@H](O)CC[C@H]2CCOC(=O)N2CCCc2ccc(C(=O)O)s2)c1. The van der Waals surface area contributed by atoms with Gasteiger partial charge in [0.2, 0.25) is 0 Å². The van der Waals surface area contributed by atoms with Crippen LogP contribution < -0.4 is 0 Å². The zero-order valence-electron chi connectivity index (χ0n) is 19.4. The number of aryl methyl sites for hydroxylation is 1. The first-order valence-electron chi connectivity index (χ1n) is 11.5. The van der Waals surface area contributed by atoms with Crippen molar-refractivity contribution in [2.75, 3.05) is 13.2 Å². The molecular formula is C25H31F2NO5S. The number of rotatable bonds is 11. The third-order valence-corrected chi connectivity index (χ3v) is 7.31. The van der Waals surface area contributed by atoms with E-state index in [2.05, 4.69) is 0 Å². The van der Waals surface area contributed by atoms with Crippen molar-refractivity contribution >= 4 is 23.4 Å². The Balaban J connectivity index is 1.58. The summed E-state index contributed by atoms with van der Waals surface area (Å²) in [4.78, 5) is 26.1. The summed E-state index contributed by atoms with van der Waals surface area (Å²) in [6, 6.07) is 9.16. The van der Waals surface area contributed by atoms with E-state index in [4.69, 9.17) is 9.84 Å². The van der Waals surface area contributed by atoms with Crippen LogP contribution in [-0.4, -0.2) is 52.5 Å². The Morgan fingerprint density at radius 3 is 2.74 bits per heavy atom. The van der Waals surface area contributed by atoms with Gasteiger partial charge in [0.15, 0.2) is 0 Å². The lowest BCUT2D eigenvalue weighted by Gasteiger charge is -2.36. The smallest absolute Gasteiger partial charge is 0.410 e. The Labute approximate surface area is 202 Å². The van der Waals surface area contributed by atoms with Gasteiger partial charge < -0.3 is 19.8 Å². The van der Waals surface area contributed by atoms with E-state index in [0.29, 0.717) is 25.8 Å². The van der Waals surface area contributed by atoms with Crippen molar-refractivity contribution in [2.45, 2.75) is 69.9 Å². The average molecular weight is 496 g/mol. The van der Waals surface area contributed by atoms with E-state index in [1.807, 2.05) is 13.8 Å². The van der Waals surface area contributed by atoms with Crippen LogP contribution in [0.5, 0.6) is 0 Å². The maximum Gasteiger partial charge on any atom is 0.410 e. The zero-order valence-corrected chi connectivity index (χ0v) is 20.2. The van der Waals surface area contributed by atoms with Crippen molar-refractivity contribution in [3.8, 4) is 0 Å². The van der Waals surface area contributed by atoms with E-state index >= 15 is 0 Å². The second-order valence-electron chi connectivity index (χ2n) is 8.92. The summed E-state index contributed by atoms with van der Waals surface area (Å²) >= 11 is 1.20. The van der Waals surface area contributed by atoms with Crippen molar-refractivity contribution in [1.82, 2.24) is 4.90 Å². The number of halogens is 2. The molecule has 6 nitrogen and oxygen atoms in total. The van der Waals surface area contributed by atoms with Gasteiger partial charge in [-0.1, -0.05) is 32.0 Å². The van der Waals surface area contributed by atoms with Crippen LogP contribution in [0.4, 0.5) is 13.6 Å². The quantitative estimate of drug-likeness (QED) is 0.421. The van der Waals surface area contributed by atoms with Crippen molar-refractivity contribution in [3.63, 3.8) is 0 Å². The number of benzene rings is 1. The third kappa shape index (κ3) is 6.33. The minimum atomic E-state index is -3.40. The zero-order chi connectivity index (χ0) is 24.9. The fourth-order valence-electron chi connectivity index (χ4n) is 4.12. The molecule has 1 amide bonds. The predicted molar refractivity (Wildman–Crippen MR) is 126 cm³/mol. The Morgan fingerprint density at radius 2 is 2.06 bits per heavy atom. The van der Waals surface area contributed by atoms with Crippen LogP contribution >= 0.6 is 11.3 Å². The molecule has 1 aromatic carbocycles. The highest BCUT2D eigenvalue weighted by molar-refractivity contribution is 7.13. The molecule has 186 valence electrons. The van der Waals surface area contributed by atoms with Gasteiger partial charge in [0.25, 0.3) is 5.92 Å². The first-order valence-corrected chi connectivity index (χ1v) is 12.3. The first-order chi connectivity index (χ1) is 16.1. The highest BCUT2D eigenvalue weighted by Gasteiger charge is 2.41. The van der Waals surface area contributed by atoms with Crippen molar-refractivity contribution in [1.29, 1.82) is 0 Å². The highest BCUT2D eigenvalue weighted by Crippen LogP contribution is 2.36. The van der Waals surface area contributed by atoms with Gasteiger partial charge in [-0.25, -0.2) is 9.59 Å². The molecule has 2 aromatic rings. The van der Waals surface area contributed by atoms with E-state index in [1.54, 1.807) is 29.2 Å². The molecule has 0 spiro atoms. The number of alkyl halides is 2. The second-order valence-corrected chi connectivity index (χ2v) is 10.1. The lowest BCUT2D eigenvalue weighted by Crippen LogP contribution is -2.47. The van der Waals surface area contributed by atoms with Gasteiger partial charge in [-0.3, -0.25) is 0 Å². The average Bonchev–Trinajstić information content (AvgIpc) is 3.28. The van der Waals surface area contributed by atoms with Crippen LogP contribution in [0.15, 0.2) is 36.4 Å². The number of cyclic esters (lactones) is 1. The summed E-state index contributed by atoms with van der Waals surface area (Å²) in [5.41, 5.74) is 0.578. The second kappa shape index (κ2) is 11.3. The molecule has 1 saturated heterocycles. The minimum absolute atomic E-state index is 0.0968. The van der Waals surface area contributed by atoms with Crippen LogP contribution in [0.2, 0.25) is 0 Å². The van der Waals surface area contributed by atoms with Gasteiger partial charge in [-0.2, -0.15) is 8.78 Å². The number of amides is 1. The lowest BCUT2D eigenvalue weighted by atomic mass is 9.93. The van der Waals surface area contributed by atoms with E-state index < -0.39 is 24.1 Å². The number of carboxylic acids is 1. The maximum absolute atomic E-state index is 15.0. The number of aliphatic hydroxyl groups excluding tert-OH is 1. The van der Waals surface area contributed by atoms with E-state index in [0.717, 1.165) is 10.4 Å². The Bertz CT molecular complexity index is 993. The van der Waals surface area contributed by atoms with Gasteiger partial charge in [-0.15, -0.1) is 11.3 Å². The molecule has 1 aromatic heterocycles. The maximum atomic E-state index is 15.0. The number of thiophene rings is 1. The molecule has 0 bridgehead atoms. The highest BCUT2D eigenvalue weighted by atomic mass is 32.1. The molecule has 2 atom stereocenters. The standard InChI is InChI=1S/C25H31F2NO5S/c1-16(2)17-5-3-6-18(15-17)25(26,27)22(29)11-8-19-12-14-33-24(32)28(19)13-4-7-20-9-10-21(34-20)23(30)31/h3,5-6,9-10,15-16,19,22,29H,4,7-8,11-14H2,1-2H3,(H,30,31)/t19-,22+/m0/s1. The monoisotopic (exact) mass is 495 g/mol. The summed E-state index contributed by atoms with van der Waals surface area (Å²) in [7, 11) is 0. The number of aromatic carboxylic acids is 1. The number of hydrogen-bond acceptors (Lipinski definition) is 5. The molecule has 0 unspecified atom stereocenters. The molecule has 34 heavy (non-hydrogen) atoms. The number of carbonyl (C=O) groups is 2.